The molecule has 1 unspecified atom stereocenters. The maximum atomic E-state index is 12.4. The van der Waals surface area contributed by atoms with Gasteiger partial charge in [0.15, 0.2) is 0 Å². The minimum Gasteiger partial charge on any atom is -0.344 e. The molecule has 1 atom stereocenters. The van der Waals surface area contributed by atoms with Gasteiger partial charge in [-0.25, -0.2) is 0 Å². The predicted molar refractivity (Wildman–Crippen MR) is 72.5 cm³/mol. The molecular formula is C14H23N3O. The first-order valence-electron chi connectivity index (χ1n) is 6.67. The molecule has 1 aromatic heterocycles. The number of nitrogens with one attached hydrogen (secondary N) is 1. The van der Waals surface area contributed by atoms with Crippen LogP contribution in [0.1, 0.15) is 50.1 Å². The number of hydrogen-bond donors (Lipinski definition) is 2. The second kappa shape index (κ2) is 4.76. The molecule has 1 saturated carbocycles. The van der Waals surface area contributed by atoms with Gasteiger partial charge < -0.3 is 15.6 Å². The molecule has 0 aliphatic heterocycles. The minimum absolute atomic E-state index is 0.0199. The van der Waals surface area contributed by atoms with Gasteiger partial charge in [0, 0.05) is 18.8 Å². The summed E-state index contributed by atoms with van der Waals surface area (Å²) >= 11 is 0. The normalized spacial score (nSPS) is 18.7. The van der Waals surface area contributed by atoms with Gasteiger partial charge in [-0.15, -0.1) is 0 Å². The van der Waals surface area contributed by atoms with Gasteiger partial charge in [0.05, 0.1) is 5.54 Å². The van der Waals surface area contributed by atoms with E-state index in [1.165, 1.54) is 12.8 Å². The largest absolute Gasteiger partial charge is 0.344 e. The topological polar surface area (TPSA) is 60.0 Å². The van der Waals surface area contributed by atoms with E-state index in [0.717, 1.165) is 5.69 Å². The third-order valence-corrected chi connectivity index (χ3v) is 4.05. The van der Waals surface area contributed by atoms with E-state index >= 15 is 0 Å². The van der Waals surface area contributed by atoms with Crippen molar-refractivity contribution in [2.75, 3.05) is 6.54 Å². The Hall–Kier alpha value is -1.29. The lowest BCUT2D eigenvalue weighted by molar-refractivity contribution is 0.0873. The number of rotatable bonds is 5. The van der Waals surface area contributed by atoms with E-state index in [1.54, 1.807) is 0 Å². The van der Waals surface area contributed by atoms with Crippen molar-refractivity contribution in [3.8, 4) is 0 Å². The highest BCUT2D eigenvalue weighted by Crippen LogP contribution is 2.36. The van der Waals surface area contributed by atoms with Crippen molar-refractivity contribution in [3.63, 3.8) is 0 Å². The molecule has 0 aromatic carbocycles. The lowest BCUT2D eigenvalue weighted by Gasteiger charge is -2.33. The molecule has 1 heterocycles. The minimum atomic E-state index is -0.351. The number of carbonyl (C=O) groups is 1. The number of nitrogens with two attached hydrogens (primary N) is 1. The van der Waals surface area contributed by atoms with E-state index in [2.05, 4.69) is 23.7 Å². The van der Waals surface area contributed by atoms with Crippen molar-refractivity contribution in [1.29, 1.82) is 0 Å². The van der Waals surface area contributed by atoms with Gasteiger partial charge in [-0.3, -0.25) is 4.79 Å². The second-order valence-corrected chi connectivity index (χ2v) is 5.76. The third kappa shape index (κ3) is 2.43. The maximum absolute atomic E-state index is 12.4. The Bertz CT molecular complexity index is 434. The van der Waals surface area contributed by atoms with Crippen LogP contribution >= 0.6 is 0 Å². The monoisotopic (exact) mass is 249 g/mol. The summed E-state index contributed by atoms with van der Waals surface area (Å²) in [6.07, 6.45) is 4.34. The van der Waals surface area contributed by atoms with E-state index in [0.29, 0.717) is 18.5 Å². The average molecular weight is 249 g/mol. The van der Waals surface area contributed by atoms with Crippen LogP contribution < -0.4 is 11.1 Å². The Morgan fingerprint density at radius 2 is 2.28 bits per heavy atom. The molecule has 0 saturated heterocycles. The van der Waals surface area contributed by atoms with Crippen LogP contribution in [-0.2, 0) is 0 Å². The molecular weight excluding hydrogens is 226 g/mol. The number of aromatic nitrogens is 1. The Labute approximate surface area is 109 Å². The highest BCUT2D eigenvalue weighted by Gasteiger charge is 2.32. The quantitative estimate of drug-likeness (QED) is 0.837. The maximum Gasteiger partial charge on any atom is 0.268 e. The molecule has 0 radical (unpaired) electrons. The number of amides is 1. The van der Waals surface area contributed by atoms with Gasteiger partial charge in [0.1, 0.15) is 5.69 Å². The Morgan fingerprint density at radius 3 is 2.78 bits per heavy atom. The fraction of sp³-hybridized carbons (Fsp3) is 0.643. The van der Waals surface area contributed by atoms with Crippen molar-refractivity contribution in [2.24, 2.45) is 11.7 Å². The van der Waals surface area contributed by atoms with Gasteiger partial charge in [-0.1, -0.05) is 13.8 Å². The molecule has 0 bridgehead atoms. The van der Waals surface area contributed by atoms with Crippen molar-refractivity contribution in [1.82, 2.24) is 9.88 Å². The first-order valence-corrected chi connectivity index (χ1v) is 6.67. The summed E-state index contributed by atoms with van der Waals surface area (Å²) in [5.41, 5.74) is 6.19. The van der Waals surface area contributed by atoms with E-state index in [1.807, 2.05) is 25.3 Å². The molecule has 100 valence electrons. The molecule has 1 amide bonds. The molecule has 1 aliphatic carbocycles. The van der Waals surface area contributed by atoms with Gasteiger partial charge in [0.25, 0.3) is 5.91 Å². The average Bonchev–Trinajstić information content (AvgIpc) is 3.06. The summed E-state index contributed by atoms with van der Waals surface area (Å²) < 4.78 is 2.08. The van der Waals surface area contributed by atoms with Crippen molar-refractivity contribution >= 4 is 5.91 Å². The summed E-state index contributed by atoms with van der Waals surface area (Å²) in [7, 11) is 0. The zero-order valence-corrected chi connectivity index (χ0v) is 11.4. The third-order valence-electron chi connectivity index (χ3n) is 4.05. The lowest BCUT2D eigenvalue weighted by atomic mass is 9.88. The first-order chi connectivity index (χ1) is 8.48. The first kappa shape index (κ1) is 13.1. The molecule has 4 heteroatoms. The van der Waals surface area contributed by atoms with Gasteiger partial charge in [-0.05, 0) is 37.8 Å². The highest BCUT2D eigenvalue weighted by atomic mass is 16.2. The van der Waals surface area contributed by atoms with Crippen LogP contribution in [0.15, 0.2) is 18.3 Å². The Morgan fingerprint density at radius 1 is 1.61 bits per heavy atom. The van der Waals surface area contributed by atoms with Crippen LogP contribution in [0.4, 0.5) is 0 Å². The van der Waals surface area contributed by atoms with Crippen LogP contribution in [0.2, 0.25) is 0 Å². The predicted octanol–water partition coefficient (Wildman–Crippen LogP) is 1.93. The van der Waals surface area contributed by atoms with Gasteiger partial charge in [0.2, 0.25) is 0 Å². The zero-order valence-electron chi connectivity index (χ0n) is 11.4. The van der Waals surface area contributed by atoms with Crippen molar-refractivity contribution < 1.29 is 4.79 Å². The van der Waals surface area contributed by atoms with E-state index in [-0.39, 0.29) is 11.4 Å². The van der Waals surface area contributed by atoms with Crippen molar-refractivity contribution in [3.05, 3.63) is 24.0 Å². The fourth-order valence-corrected chi connectivity index (χ4v) is 2.01. The van der Waals surface area contributed by atoms with E-state index < -0.39 is 0 Å². The second-order valence-electron chi connectivity index (χ2n) is 5.76. The molecule has 1 fully saturated rings. The van der Waals surface area contributed by atoms with Crippen LogP contribution in [0.25, 0.3) is 0 Å². The Kier molecular flexibility index (Phi) is 3.48. The summed E-state index contributed by atoms with van der Waals surface area (Å²) in [5.74, 6) is 0.282. The van der Waals surface area contributed by atoms with Crippen molar-refractivity contribution in [2.45, 2.75) is 45.2 Å². The molecule has 2 rings (SSSR count). The molecule has 1 aromatic rings. The number of hydrogen-bond acceptors (Lipinski definition) is 2. The summed E-state index contributed by atoms with van der Waals surface area (Å²) in [6, 6.07) is 4.33. The Balaban J connectivity index is 2.13. The highest BCUT2D eigenvalue weighted by molar-refractivity contribution is 5.93. The lowest BCUT2D eigenvalue weighted by Crippen LogP contribution is -2.55. The van der Waals surface area contributed by atoms with Gasteiger partial charge >= 0.3 is 0 Å². The number of carbonyl (C=O) groups excluding carboxylic acids is 1. The molecule has 18 heavy (non-hydrogen) atoms. The SMILES string of the molecule is CC(C)C(C)(CN)NC(=O)c1cccn1C1CC1. The molecule has 4 nitrogen and oxygen atoms in total. The number of nitrogens with zero attached hydrogens (tertiary/aromatic N) is 1. The zero-order chi connectivity index (χ0) is 13.3. The summed E-state index contributed by atoms with van der Waals surface area (Å²) in [4.78, 5) is 12.4. The summed E-state index contributed by atoms with van der Waals surface area (Å²) in [5, 5.41) is 3.08. The van der Waals surface area contributed by atoms with Crippen LogP contribution in [0.3, 0.4) is 0 Å². The molecule has 0 spiro atoms. The fourth-order valence-electron chi connectivity index (χ4n) is 2.01. The molecule has 1 aliphatic rings. The summed E-state index contributed by atoms with van der Waals surface area (Å²) in [6.45, 7) is 6.60. The standard InChI is InChI=1S/C14H23N3O/c1-10(2)14(3,9-15)16-13(18)12-5-4-8-17(12)11-6-7-11/h4-5,8,10-11H,6-7,9,15H2,1-3H3,(H,16,18). The molecule has 3 N–H and O–H groups in total. The van der Waals surface area contributed by atoms with E-state index in [4.69, 9.17) is 5.73 Å². The van der Waals surface area contributed by atoms with E-state index in [9.17, 15) is 4.79 Å². The smallest absolute Gasteiger partial charge is 0.268 e. The van der Waals surface area contributed by atoms with Crippen LogP contribution in [-0.4, -0.2) is 22.6 Å². The van der Waals surface area contributed by atoms with Gasteiger partial charge in [-0.2, -0.15) is 0 Å². The van der Waals surface area contributed by atoms with Crippen LogP contribution in [0.5, 0.6) is 0 Å². The van der Waals surface area contributed by atoms with Crippen LogP contribution in [0, 0.1) is 5.92 Å².